The van der Waals surface area contributed by atoms with Crippen molar-refractivity contribution in [2.24, 2.45) is 29.4 Å². The van der Waals surface area contributed by atoms with Crippen LogP contribution in [0, 0.1) is 29.6 Å². The molecule has 2 saturated carbocycles. The molecule has 40 heavy (non-hydrogen) atoms. The Morgan fingerprint density at radius 2 is 1.82 bits per heavy atom. The third-order valence-corrected chi connectivity index (χ3v) is 8.70. The van der Waals surface area contributed by atoms with Gasteiger partial charge in [0.05, 0.1) is 24.1 Å². The number of aliphatic hydroxyl groups is 1. The predicted molar refractivity (Wildman–Crippen MR) is 133 cm³/mol. The third kappa shape index (κ3) is 4.04. The number of fused-ring (bicyclic) bond motifs is 3. The molecule has 0 bridgehead atoms. The van der Waals surface area contributed by atoms with Gasteiger partial charge in [-0.3, -0.25) is 38.6 Å². The SMILES string of the molecule is CN(C)[C@@H]1C(=O)C(C(N)=O)C(=O)[C@@]2(O)C(=O)C3C(=O)c4c(O)c(NC(=O)CN5CCCC5)nc(F)c4C[C@H]3C[C@@H]12. The summed E-state index contributed by atoms with van der Waals surface area (Å²) in [7, 11) is 2.94. The Bertz CT molecular complexity index is 1360. The minimum absolute atomic E-state index is 0.0275. The fourth-order valence-electron chi connectivity index (χ4n) is 6.92. The number of hydrogen-bond donors (Lipinski definition) is 4. The Morgan fingerprint density at radius 3 is 2.42 bits per heavy atom. The molecular weight excluding hydrogens is 529 g/mol. The van der Waals surface area contributed by atoms with Gasteiger partial charge >= 0.3 is 0 Å². The number of hydrogen-bond acceptors (Lipinski definition) is 11. The van der Waals surface area contributed by atoms with Crippen LogP contribution in [0.4, 0.5) is 10.2 Å². The number of likely N-dealkylation sites (tertiary alicyclic amines) is 1. The normalized spacial score (nSPS) is 32.1. The van der Waals surface area contributed by atoms with E-state index >= 15 is 4.39 Å². The van der Waals surface area contributed by atoms with Crippen molar-refractivity contribution >= 4 is 40.8 Å². The van der Waals surface area contributed by atoms with Gasteiger partial charge in [0.15, 0.2) is 46.2 Å². The third-order valence-electron chi connectivity index (χ3n) is 8.70. The lowest BCUT2D eigenvalue weighted by molar-refractivity contribution is -0.181. The Morgan fingerprint density at radius 1 is 1.18 bits per heavy atom. The van der Waals surface area contributed by atoms with Crippen LogP contribution < -0.4 is 11.1 Å². The number of aromatic hydroxyl groups is 1. The van der Waals surface area contributed by atoms with E-state index in [1.165, 1.54) is 19.0 Å². The van der Waals surface area contributed by atoms with Crippen LogP contribution in [0.25, 0.3) is 0 Å². The fraction of sp³-hybridized carbons (Fsp3) is 0.577. The molecule has 6 atom stereocenters. The molecule has 2 amide bonds. The second kappa shape index (κ2) is 9.78. The first kappa shape index (κ1) is 27.9. The van der Waals surface area contributed by atoms with Crippen LogP contribution in [-0.4, -0.2) is 105 Å². The minimum atomic E-state index is -2.88. The van der Waals surface area contributed by atoms with Crippen LogP contribution in [0.5, 0.6) is 5.75 Å². The highest BCUT2D eigenvalue weighted by molar-refractivity contribution is 6.32. The number of primary amides is 1. The molecule has 1 aromatic heterocycles. The topological polar surface area (TPSA) is 200 Å². The molecule has 3 fully saturated rings. The summed E-state index contributed by atoms with van der Waals surface area (Å²) in [5.41, 5.74) is 1.56. The van der Waals surface area contributed by atoms with Crippen LogP contribution in [0.3, 0.4) is 0 Å². The molecule has 0 radical (unpaired) electrons. The first-order valence-corrected chi connectivity index (χ1v) is 13.1. The van der Waals surface area contributed by atoms with E-state index in [1.54, 1.807) is 0 Å². The number of rotatable bonds is 5. The highest BCUT2D eigenvalue weighted by Gasteiger charge is 2.69. The number of nitrogens with two attached hydrogens (primary N) is 1. The smallest absolute Gasteiger partial charge is 0.239 e. The van der Waals surface area contributed by atoms with E-state index in [9.17, 15) is 39.0 Å². The summed E-state index contributed by atoms with van der Waals surface area (Å²) in [5, 5.41) is 24.8. The summed E-state index contributed by atoms with van der Waals surface area (Å²) in [5.74, 6) is -15.0. The number of carbonyl (C=O) groups is 6. The van der Waals surface area contributed by atoms with Crippen molar-refractivity contribution in [3.63, 3.8) is 0 Å². The van der Waals surface area contributed by atoms with Gasteiger partial charge in [0.25, 0.3) is 0 Å². The van der Waals surface area contributed by atoms with Crippen molar-refractivity contribution in [2.75, 3.05) is 39.0 Å². The maximum atomic E-state index is 15.2. The summed E-state index contributed by atoms with van der Waals surface area (Å²) >= 11 is 0. The van der Waals surface area contributed by atoms with Gasteiger partial charge in [-0.25, -0.2) is 0 Å². The van der Waals surface area contributed by atoms with Gasteiger partial charge in [-0.05, 0) is 58.8 Å². The molecule has 3 aliphatic carbocycles. The number of ketones is 4. The van der Waals surface area contributed by atoms with E-state index in [2.05, 4.69) is 10.3 Å². The van der Waals surface area contributed by atoms with Crippen molar-refractivity contribution in [2.45, 2.75) is 37.3 Å². The molecule has 1 aliphatic heterocycles. The number of pyridine rings is 1. The van der Waals surface area contributed by atoms with E-state index in [4.69, 9.17) is 5.73 Å². The van der Waals surface area contributed by atoms with Gasteiger partial charge in [0.2, 0.25) is 17.8 Å². The fourth-order valence-corrected chi connectivity index (χ4v) is 6.92. The van der Waals surface area contributed by atoms with Crippen molar-refractivity contribution in [3.8, 4) is 5.75 Å². The quantitative estimate of drug-likeness (QED) is 0.240. The number of nitrogens with zero attached hydrogens (tertiary/aromatic N) is 3. The number of aromatic nitrogens is 1. The molecule has 1 saturated heterocycles. The van der Waals surface area contributed by atoms with Gasteiger partial charge in [0.1, 0.15) is 0 Å². The molecule has 2 heterocycles. The maximum Gasteiger partial charge on any atom is 0.239 e. The molecule has 5 N–H and O–H groups in total. The lowest BCUT2D eigenvalue weighted by Crippen LogP contribution is -2.74. The number of carbonyl (C=O) groups excluding carboxylic acids is 6. The Kier molecular flexibility index (Phi) is 6.83. The summed E-state index contributed by atoms with van der Waals surface area (Å²) in [6.45, 7) is 1.38. The number of likely N-dealkylation sites (N-methyl/N-ethyl adjacent to an activating group) is 1. The van der Waals surface area contributed by atoms with Crippen molar-refractivity contribution in [3.05, 3.63) is 17.1 Å². The monoisotopic (exact) mass is 559 g/mol. The first-order chi connectivity index (χ1) is 18.8. The molecule has 0 aromatic carbocycles. The molecule has 13 nitrogen and oxygen atoms in total. The lowest BCUT2D eigenvalue weighted by Gasteiger charge is -2.52. The zero-order valence-electron chi connectivity index (χ0n) is 22.0. The highest BCUT2D eigenvalue weighted by Crippen LogP contribution is 2.51. The molecule has 5 rings (SSSR count). The average molecular weight is 560 g/mol. The molecular formula is C26H30FN5O8. The van der Waals surface area contributed by atoms with Gasteiger partial charge in [0, 0.05) is 11.5 Å². The summed E-state index contributed by atoms with van der Waals surface area (Å²) in [6, 6.07) is -1.26. The number of halogens is 1. The van der Waals surface area contributed by atoms with E-state index in [0.29, 0.717) is 13.1 Å². The van der Waals surface area contributed by atoms with Crippen LogP contribution in [0.2, 0.25) is 0 Å². The zero-order chi connectivity index (χ0) is 29.3. The van der Waals surface area contributed by atoms with Crippen molar-refractivity contribution < 1.29 is 43.4 Å². The summed E-state index contributed by atoms with van der Waals surface area (Å²) < 4.78 is 15.2. The molecule has 2 unspecified atom stereocenters. The van der Waals surface area contributed by atoms with Crippen molar-refractivity contribution in [1.82, 2.24) is 14.8 Å². The molecule has 214 valence electrons. The lowest BCUT2D eigenvalue weighted by atomic mass is 9.52. The van der Waals surface area contributed by atoms with Gasteiger partial charge in [-0.1, -0.05) is 0 Å². The Balaban J connectivity index is 1.53. The average Bonchev–Trinajstić information content (AvgIpc) is 3.37. The number of nitrogens with one attached hydrogen (secondary N) is 1. The summed E-state index contributed by atoms with van der Waals surface area (Å²) in [4.78, 5) is 85.3. The molecule has 0 spiro atoms. The Hall–Kier alpha value is -3.62. The predicted octanol–water partition coefficient (Wildman–Crippen LogP) is -1.56. The number of anilines is 1. The van der Waals surface area contributed by atoms with E-state index in [1.807, 2.05) is 4.90 Å². The second-order valence-electron chi connectivity index (χ2n) is 11.3. The van der Waals surface area contributed by atoms with Crippen LogP contribution in [-0.2, 0) is 30.4 Å². The van der Waals surface area contributed by atoms with E-state index in [0.717, 1.165) is 12.8 Å². The maximum absolute atomic E-state index is 15.2. The van der Waals surface area contributed by atoms with Crippen LogP contribution >= 0.6 is 0 Å². The largest absolute Gasteiger partial charge is 0.504 e. The standard InChI is InChI=1S/C26H30FN5O8/c1-31(2)17-12-8-10-7-11-15(20(36)25(30-23(11)27)29-13(33)9-32-5-3-4-6-32)18(34)14(10)21(37)26(12,40)22(38)16(19(17)35)24(28)39/h10,12,14,16-17,36,40H,3-9H2,1-2H3,(H2,28,39)(H,29,30,33)/t10-,12-,14?,16?,17-,26-/m0/s1. The van der Waals surface area contributed by atoms with E-state index in [-0.39, 0.29) is 24.9 Å². The first-order valence-electron chi connectivity index (χ1n) is 13.1. The van der Waals surface area contributed by atoms with Gasteiger partial charge < -0.3 is 21.3 Å². The molecule has 4 aliphatic rings. The van der Waals surface area contributed by atoms with Crippen LogP contribution in [0.1, 0.15) is 35.2 Å². The second-order valence-corrected chi connectivity index (χ2v) is 11.3. The number of amides is 2. The van der Waals surface area contributed by atoms with Gasteiger partial charge in [-0.2, -0.15) is 9.37 Å². The zero-order valence-corrected chi connectivity index (χ0v) is 22.0. The highest BCUT2D eigenvalue weighted by atomic mass is 19.1. The summed E-state index contributed by atoms with van der Waals surface area (Å²) in [6.07, 6.45) is 1.38. The van der Waals surface area contributed by atoms with Gasteiger partial charge in [-0.15, -0.1) is 0 Å². The van der Waals surface area contributed by atoms with Crippen molar-refractivity contribution in [1.29, 1.82) is 0 Å². The molecule has 1 aromatic rings. The van der Waals surface area contributed by atoms with E-state index < -0.39 is 93.3 Å². The minimum Gasteiger partial charge on any atom is -0.504 e. The Labute approximate surface area is 227 Å². The van der Waals surface area contributed by atoms with Crippen LogP contribution in [0.15, 0.2) is 0 Å². The number of Topliss-reactive ketones (excluding diaryl/α,β-unsaturated/α-hetero) is 4. The molecule has 14 heteroatoms.